The highest BCUT2D eigenvalue weighted by molar-refractivity contribution is 5.89. The lowest BCUT2D eigenvalue weighted by Gasteiger charge is -2.56. The van der Waals surface area contributed by atoms with Crippen molar-refractivity contribution in [2.24, 2.45) is 5.41 Å². The summed E-state index contributed by atoms with van der Waals surface area (Å²) < 4.78 is 45.1. The lowest BCUT2D eigenvalue weighted by Crippen LogP contribution is -2.54. The summed E-state index contributed by atoms with van der Waals surface area (Å²) in [6.45, 7) is -1.85. The van der Waals surface area contributed by atoms with Gasteiger partial charge >= 0.3 is 5.97 Å². The Morgan fingerprint density at radius 2 is 2.31 bits per heavy atom. The molecule has 1 aromatic heterocycles. The number of aromatic nitrogens is 1. The van der Waals surface area contributed by atoms with E-state index < -0.39 is 25.4 Å². The van der Waals surface area contributed by atoms with Crippen LogP contribution in [0.3, 0.4) is 0 Å². The molecule has 0 aliphatic carbocycles. The van der Waals surface area contributed by atoms with E-state index in [0.29, 0.717) is 6.42 Å². The first kappa shape index (κ1) is 11.8. The quantitative estimate of drug-likeness (QED) is 0.771. The van der Waals surface area contributed by atoms with E-state index in [1.54, 1.807) is 0 Å². The van der Waals surface area contributed by atoms with Gasteiger partial charge in [0.05, 0.1) is 15.3 Å². The lowest BCUT2D eigenvalue weighted by atomic mass is 9.63. The van der Waals surface area contributed by atoms with Crippen LogP contribution in [0.25, 0.3) is 10.9 Å². The van der Waals surface area contributed by atoms with Gasteiger partial charge < -0.3 is 9.30 Å². The second kappa shape index (κ2) is 5.85. The molecule has 138 valence electrons. The lowest BCUT2D eigenvalue weighted by molar-refractivity contribution is -0.151. The van der Waals surface area contributed by atoms with Crippen molar-refractivity contribution in [1.29, 1.82) is 0 Å². The summed E-state index contributed by atoms with van der Waals surface area (Å²) >= 11 is 0. The maximum absolute atomic E-state index is 13.4. The Labute approximate surface area is 162 Å². The highest BCUT2D eigenvalue weighted by atomic mass is 16.5. The molecule has 0 spiro atoms. The predicted octanol–water partition coefficient (Wildman–Crippen LogP) is 4.24. The molecular weight excluding hydrogens is 324 g/mol. The molecule has 4 heteroatoms. The molecule has 4 nitrogen and oxygen atoms in total. The standard InChI is InChI=1S/C22H28N2O2/c1-3-22-11-7-12-23-13-10-16-15-8-5-6-9-17(15)24(19(16)20(22)23)18(14-22)21(25)26-4-2/h5-6,8-9,18,20H,3-4,7,10-14H2,1-2H3/t18-,20-,22+/m1/s1/i2D3,4D2. The first-order valence-corrected chi connectivity index (χ1v) is 9.68. The summed E-state index contributed by atoms with van der Waals surface area (Å²) in [5.74, 6) is -0.793. The minimum Gasteiger partial charge on any atom is -0.464 e. The second-order valence-corrected chi connectivity index (χ2v) is 8.00. The summed E-state index contributed by atoms with van der Waals surface area (Å²) in [4.78, 5) is 15.9. The van der Waals surface area contributed by atoms with E-state index in [4.69, 9.17) is 11.6 Å². The molecular formula is C22H28N2O2. The van der Waals surface area contributed by atoms with Gasteiger partial charge in [0.15, 0.2) is 0 Å². The first-order chi connectivity index (χ1) is 14.6. The number of piperidine rings is 1. The van der Waals surface area contributed by atoms with E-state index in [9.17, 15) is 4.79 Å². The number of para-hydroxylation sites is 1. The van der Waals surface area contributed by atoms with Crippen molar-refractivity contribution < 1.29 is 16.4 Å². The number of benzene rings is 1. The smallest absolute Gasteiger partial charge is 0.329 e. The maximum atomic E-state index is 13.4. The molecule has 0 amide bonds. The van der Waals surface area contributed by atoms with Crippen LogP contribution < -0.4 is 0 Å². The normalized spacial score (nSPS) is 34.1. The van der Waals surface area contributed by atoms with Crippen molar-refractivity contribution in [3.8, 4) is 0 Å². The number of carbonyl (C=O) groups is 1. The summed E-state index contributed by atoms with van der Waals surface area (Å²) in [6, 6.07) is 7.53. The van der Waals surface area contributed by atoms with Crippen molar-refractivity contribution >= 4 is 16.9 Å². The van der Waals surface area contributed by atoms with Crippen molar-refractivity contribution in [1.82, 2.24) is 9.47 Å². The average Bonchev–Trinajstić information content (AvgIpc) is 3.06. The van der Waals surface area contributed by atoms with Crippen molar-refractivity contribution in [3.63, 3.8) is 0 Å². The molecule has 3 atom stereocenters. The zero-order valence-corrected chi connectivity index (χ0v) is 15.1. The van der Waals surface area contributed by atoms with Gasteiger partial charge in [0.25, 0.3) is 0 Å². The number of fused-ring (bicyclic) bond motifs is 3. The zero-order valence-electron chi connectivity index (χ0n) is 20.1. The Bertz CT molecular complexity index is 1050. The molecule has 26 heavy (non-hydrogen) atoms. The van der Waals surface area contributed by atoms with Crippen LogP contribution in [0.2, 0.25) is 0 Å². The fraction of sp³-hybridized carbons (Fsp3) is 0.591. The van der Waals surface area contributed by atoms with E-state index >= 15 is 0 Å². The van der Waals surface area contributed by atoms with Crippen LogP contribution in [0.5, 0.6) is 0 Å². The molecule has 4 heterocycles. The predicted molar refractivity (Wildman–Crippen MR) is 102 cm³/mol. The van der Waals surface area contributed by atoms with E-state index in [0.717, 1.165) is 55.4 Å². The van der Waals surface area contributed by atoms with Crippen LogP contribution in [0.1, 0.15) is 69.7 Å². The molecule has 3 aliphatic heterocycles. The fourth-order valence-corrected chi connectivity index (χ4v) is 6.01. The van der Waals surface area contributed by atoms with E-state index in [1.807, 2.05) is 22.8 Å². The van der Waals surface area contributed by atoms with Gasteiger partial charge in [-0.1, -0.05) is 25.1 Å². The van der Waals surface area contributed by atoms with E-state index in [2.05, 4.69) is 17.9 Å². The van der Waals surface area contributed by atoms with Gasteiger partial charge in [-0.15, -0.1) is 0 Å². The molecule has 0 N–H and O–H groups in total. The molecule has 0 radical (unpaired) electrons. The largest absolute Gasteiger partial charge is 0.464 e. The van der Waals surface area contributed by atoms with Crippen LogP contribution in [0.4, 0.5) is 0 Å². The molecule has 2 aromatic rings. The third-order valence-corrected chi connectivity index (χ3v) is 7.07. The number of carbonyl (C=O) groups excluding carboxylic acids is 1. The molecule has 1 aromatic carbocycles. The van der Waals surface area contributed by atoms with Gasteiger partial charge in [0.2, 0.25) is 0 Å². The SMILES string of the molecule is [2H]C([2H])([2H])C([2H])([2H])OC(=O)[C@H]1C[C@]2(CC)CCCN3CCc4c(n1c1ccccc41)[C@@H]32. The molecule has 3 aliphatic rings. The van der Waals surface area contributed by atoms with Crippen molar-refractivity contribution in [2.75, 3.05) is 19.6 Å². The molecule has 5 rings (SSSR count). The van der Waals surface area contributed by atoms with Gasteiger partial charge in [-0.3, -0.25) is 4.90 Å². The summed E-state index contributed by atoms with van der Waals surface area (Å²) in [7, 11) is 0. The third kappa shape index (κ3) is 2.02. The fourth-order valence-electron chi connectivity index (χ4n) is 6.01. The monoisotopic (exact) mass is 357 g/mol. The molecule has 1 fully saturated rings. The number of hydrogen-bond acceptors (Lipinski definition) is 3. The maximum Gasteiger partial charge on any atom is 0.329 e. The highest BCUT2D eigenvalue weighted by Crippen LogP contribution is 2.59. The average molecular weight is 358 g/mol. The Hall–Kier alpha value is -1.81. The molecule has 1 saturated heterocycles. The molecule has 0 saturated carbocycles. The van der Waals surface area contributed by atoms with Crippen molar-refractivity contribution in [2.45, 2.75) is 58.0 Å². The van der Waals surface area contributed by atoms with Crippen LogP contribution in [0, 0.1) is 5.41 Å². The number of nitrogens with zero attached hydrogens (tertiary/aromatic N) is 2. The summed E-state index contributed by atoms with van der Waals surface area (Å²) in [5, 5.41) is 1.13. The van der Waals surface area contributed by atoms with Crippen LogP contribution >= 0.6 is 0 Å². The van der Waals surface area contributed by atoms with Gasteiger partial charge in [-0.05, 0) is 62.5 Å². The first-order valence-electron chi connectivity index (χ1n) is 12.2. The van der Waals surface area contributed by atoms with Gasteiger partial charge in [-0.2, -0.15) is 0 Å². The van der Waals surface area contributed by atoms with Crippen molar-refractivity contribution in [3.05, 3.63) is 35.5 Å². The van der Waals surface area contributed by atoms with Gasteiger partial charge in [-0.25, -0.2) is 4.79 Å². The number of esters is 1. The highest BCUT2D eigenvalue weighted by Gasteiger charge is 2.54. The number of rotatable bonds is 3. The third-order valence-electron chi connectivity index (χ3n) is 7.07. The Morgan fingerprint density at radius 3 is 3.15 bits per heavy atom. The van der Waals surface area contributed by atoms with Gasteiger partial charge in [0, 0.05) is 27.3 Å². The van der Waals surface area contributed by atoms with Crippen LogP contribution in [0.15, 0.2) is 24.3 Å². The van der Waals surface area contributed by atoms with Crippen LogP contribution in [-0.2, 0) is 16.0 Å². The van der Waals surface area contributed by atoms with E-state index in [-0.39, 0.29) is 11.5 Å². The minimum absolute atomic E-state index is 0.103. The zero-order chi connectivity index (χ0) is 22.2. The second-order valence-electron chi connectivity index (χ2n) is 8.00. The number of ether oxygens (including phenoxy) is 1. The number of hydrogen-bond donors (Lipinski definition) is 0. The summed E-state index contributed by atoms with van der Waals surface area (Å²) in [6.07, 6.45) is 4.42. The van der Waals surface area contributed by atoms with E-state index in [1.165, 1.54) is 5.56 Å². The Morgan fingerprint density at radius 1 is 1.42 bits per heavy atom. The topological polar surface area (TPSA) is 34.5 Å². The Kier molecular flexibility index (Phi) is 2.66. The minimum atomic E-state index is -3.04. The van der Waals surface area contributed by atoms with Gasteiger partial charge in [0.1, 0.15) is 6.04 Å². The Balaban J connectivity index is 1.69. The van der Waals surface area contributed by atoms with Crippen LogP contribution in [-0.4, -0.2) is 35.1 Å². The molecule has 0 unspecified atom stereocenters. The summed E-state index contributed by atoms with van der Waals surface area (Å²) in [5.41, 5.74) is 3.26. The molecule has 0 bridgehead atoms.